The van der Waals surface area contributed by atoms with Gasteiger partial charge in [0.05, 0.1) is 12.8 Å². The maximum atomic E-state index is 3.50. The molecule has 3 rings (SSSR count). The SMILES string of the molecule is CC(C)c1ccc(CNc2cccc(C3NCNN3)c2)cc1. The van der Waals surface area contributed by atoms with E-state index < -0.39 is 0 Å². The van der Waals surface area contributed by atoms with E-state index in [9.17, 15) is 0 Å². The lowest BCUT2D eigenvalue weighted by atomic mass is 10.0. The summed E-state index contributed by atoms with van der Waals surface area (Å²) in [7, 11) is 0. The number of benzene rings is 2. The third-order valence-electron chi connectivity index (χ3n) is 4.00. The van der Waals surface area contributed by atoms with Crippen LogP contribution in [0.3, 0.4) is 0 Å². The number of nitrogens with one attached hydrogen (secondary N) is 4. The van der Waals surface area contributed by atoms with Crippen LogP contribution in [0.25, 0.3) is 0 Å². The van der Waals surface area contributed by atoms with Crippen LogP contribution in [0.4, 0.5) is 5.69 Å². The molecule has 0 aliphatic carbocycles. The van der Waals surface area contributed by atoms with Crippen molar-refractivity contribution in [2.45, 2.75) is 32.5 Å². The topological polar surface area (TPSA) is 48.1 Å². The second kappa shape index (κ2) is 6.92. The second-order valence-electron chi connectivity index (χ2n) is 6.01. The van der Waals surface area contributed by atoms with Crippen LogP contribution in [0.5, 0.6) is 0 Å². The van der Waals surface area contributed by atoms with Gasteiger partial charge < -0.3 is 5.32 Å². The largest absolute Gasteiger partial charge is 0.381 e. The molecule has 0 amide bonds. The smallest absolute Gasteiger partial charge is 0.0974 e. The molecule has 0 radical (unpaired) electrons. The number of hydrogen-bond donors (Lipinski definition) is 4. The molecule has 0 bridgehead atoms. The minimum atomic E-state index is 0.173. The van der Waals surface area contributed by atoms with Crippen LogP contribution < -0.4 is 21.5 Å². The van der Waals surface area contributed by atoms with E-state index in [4.69, 9.17) is 0 Å². The molecule has 0 spiro atoms. The molecule has 1 aliphatic rings. The van der Waals surface area contributed by atoms with Gasteiger partial charge in [0, 0.05) is 12.2 Å². The van der Waals surface area contributed by atoms with Gasteiger partial charge in [-0.15, -0.1) is 0 Å². The third-order valence-corrected chi connectivity index (χ3v) is 4.00. The molecule has 0 aromatic heterocycles. The van der Waals surface area contributed by atoms with Gasteiger partial charge >= 0.3 is 0 Å². The summed E-state index contributed by atoms with van der Waals surface area (Å²) in [6.07, 6.45) is 0.173. The van der Waals surface area contributed by atoms with Gasteiger partial charge in [-0.2, -0.15) is 0 Å². The molecule has 1 fully saturated rings. The van der Waals surface area contributed by atoms with E-state index in [2.05, 4.69) is 83.9 Å². The summed E-state index contributed by atoms with van der Waals surface area (Å²) in [4.78, 5) is 0. The normalized spacial score (nSPS) is 17.9. The lowest BCUT2D eigenvalue weighted by Gasteiger charge is -2.13. The van der Waals surface area contributed by atoms with Gasteiger partial charge in [0.15, 0.2) is 0 Å². The van der Waals surface area contributed by atoms with E-state index in [1.807, 2.05) is 0 Å². The Morgan fingerprint density at radius 2 is 1.95 bits per heavy atom. The van der Waals surface area contributed by atoms with Crippen molar-refractivity contribution in [1.29, 1.82) is 0 Å². The Morgan fingerprint density at radius 1 is 1.14 bits per heavy atom. The van der Waals surface area contributed by atoms with Gasteiger partial charge in [-0.05, 0) is 34.7 Å². The Balaban J connectivity index is 1.62. The minimum Gasteiger partial charge on any atom is -0.381 e. The first kappa shape index (κ1) is 15.0. The molecule has 2 aromatic rings. The number of rotatable bonds is 5. The molecule has 22 heavy (non-hydrogen) atoms. The summed E-state index contributed by atoms with van der Waals surface area (Å²) in [6, 6.07) is 17.3. The molecule has 4 heteroatoms. The van der Waals surface area contributed by atoms with Gasteiger partial charge in [-0.3, -0.25) is 5.32 Å². The van der Waals surface area contributed by atoms with Gasteiger partial charge in [0.2, 0.25) is 0 Å². The van der Waals surface area contributed by atoms with Crippen LogP contribution in [0.1, 0.15) is 42.6 Å². The molecular weight excluding hydrogens is 272 g/mol. The van der Waals surface area contributed by atoms with E-state index in [0.29, 0.717) is 5.92 Å². The molecule has 0 saturated carbocycles. The van der Waals surface area contributed by atoms with Crippen LogP contribution in [0, 0.1) is 0 Å². The first-order valence-electron chi connectivity index (χ1n) is 7.87. The minimum absolute atomic E-state index is 0.173. The van der Waals surface area contributed by atoms with Crippen LogP contribution in [0.2, 0.25) is 0 Å². The molecule has 2 aromatic carbocycles. The van der Waals surface area contributed by atoms with Gasteiger partial charge in [-0.1, -0.05) is 50.2 Å². The van der Waals surface area contributed by atoms with Crippen LogP contribution in [-0.2, 0) is 6.54 Å². The summed E-state index contributed by atoms with van der Waals surface area (Å²) in [6.45, 7) is 6.06. The lowest BCUT2D eigenvalue weighted by molar-refractivity contribution is 0.555. The molecule has 1 unspecified atom stereocenters. The van der Waals surface area contributed by atoms with E-state index in [-0.39, 0.29) is 6.17 Å². The molecule has 4 nitrogen and oxygen atoms in total. The molecular formula is C18H24N4. The van der Waals surface area contributed by atoms with Crippen molar-refractivity contribution in [3.05, 3.63) is 65.2 Å². The first-order valence-corrected chi connectivity index (χ1v) is 7.87. The Kier molecular flexibility index (Phi) is 4.73. The Hall–Kier alpha value is -1.88. The molecule has 1 atom stereocenters. The fourth-order valence-electron chi connectivity index (χ4n) is 2.61. The van der Waals surface area contributed by atoms with Gasteiger partial charge in [0.25, 0.3) is 0 Å². The standard InChI is InChI=1S/C18H24N4/c1-13(2)15-8-6-14(7-9-15)11-19-17-5-3-4-16(10-17)18-20-12-21-22-18/h3-10,13,18-22H,11-12H2,1-2H3. The Morgan fingerprint density at radius 3 is 2.64 bits per heavy atom. The average Bonchev–Trinajstić information content (AvgIpc) is 3.08. The Bertz CT molecular complexity index is 601. The number of hydrogen-bond acceptors (Lipinski definition) is 4. The predicted molar refractivity (Wildman–Crippen MR) is 91.3 cm³/mol. The second-order valence-corrected chi connectivity index (χ2v) is 6.01. The summed E-state index contributed by atoms with van der Waals surface area (Å²) in [5, 5.41) is 6.84. The van der Waals surface area contributed by atoms with Crippen LogP contribution >= 0.6 is 0 Å². The van der Waals surface area contributed by atoms with Gasteiger partial charge in [-0.25, -0.2) is 10.9 Å². The van der Waals surface area contributed by atoms with Crippen molar-refractivity contribution in [3.8, 4) is 0 Å². The zero-order valence-corrected chi connectivity index (χ0v) is 13.2. The summed E-state index contributed by atoms with van der Waals surface area (Å²) in [5.41, 5.74) is 11.3. The number of hydrazine groups is 1. The fraction of sp³-hybridized carbons (Fsp3) is 0.333. The highest BCUT2D eigenvalue weighted by Gasteiger charge is 2.14. The van der Waals surface area contributed by atoms with Crippen molar-refractivity contribution in [2.24, 2.45) is 0 Å². The maximum absolute atomic E-state index is 3.50. The van der Waals surface area contributed by atoms with E-state index >= 15 is 0 Å². The molecule has 1 aliphatic heterocycles. The first-order chi connectivity index (χ1) is 10.7. The highest BCUT2D eigenvalue weighted by molar-refractivity contribution is 5.47. The highest BCUT2D eigenvalue weighted by atomic mass is 15.5. The summed E-state index contributed by atoms with van der Waals surface area (Å²) >= 11 is 0. The van der Waals surface area contributed by atoms with Crippen LogP contribution in [0.15, 0.2) is 48.5 Å². The molecule has 4 N–H and O–H groups in total. The molecule has 1 heterocycles. The van der Waals surface area contributed by atoms with Crippen molar-refractivity contribution in [2.75, 3.05) is 12.0 Å². The lowest BCUT2D eigenvalue weighted by Crippen LogP contribution is -2.25. The Labute approximate surface area is 132 Å². The van der Waals surface area contributed by atoms with Crippen LogP contribution in [-0.4, -0.2) is 6.67 Å². The van der Waals surface area contributed by atoms with Crippen molar-refractivity contribution in [1.82, 2.24) is 16.2 Å². The van der Waals surface area contributed by atoms with E-state index in [1.165, 1.54) is 16.7 Å². The quantitative estimate of drug-likeness (QED) is 0.685. The van der Waals surface area contributed by atoms with Crippen molar-refractivity contribution in [3.63, 3.8) is 0 Å². The monoisotopic (exact) mass is 296 g/mol. The average molecular weight is 296 g/mol. The predicted octanol–water partition coefficient (Wildman–Crippen LogP) is 3.08. The fourth-order valence-corrected chi connectivity index (χ4v) is 2.61. The van der Waals surface area contributed by atoms with E-state index in [1.54, 1.807) is 0 Å². The molecule has 1 saturated heterocycles. The summed E-state index contributed by atoms with van der Waals surface area (Å²) in [5.74, 6) is 0.582. The number of anilines is 1. The van der Waals surface area contributed by atoms with Crippen molar-refractivity contribution < 1.29 is 0 Å². The zero-order chi connectivity index (χ0) is 15.4. The molecule has 116 valence electrons. The zero-order valence-electron chi connectivity index (χ0n) is 13.2. The maximum Gasteiger partial charge on any atom is 0.0974 e. The van der Waals surface area contributed by atoms with E-state index in [0.717, 1.165) is 18.9 Å². The third kappa shape index (κ3) is 3.65. The van der Waals surface area contributed by atoms with Crippen molar-refractivity contribution >= 4 is 5.69 Å². The highest BCUT2D eigenvalue weighted by Crippen LogP contribution is 2.18. The summed E-state index contributed by atoms with van der Waals surface area (Å²) < 4.78 is 0. The van der Waals surface area contributed by atoms with Gasteiger partial charge in [0.1, 0.15) is 0 Å².